The molecule has 0 bridgehead atoms. The smallest absolute Gasteiger partial charge is 0.321 e. The highest BCUT2D eigenvalue weighted by Crippen LogP contribution is 2.21. The lowest BCUT2D eigenvalue weighted by Crippen LogP contribution is -2.64. The van der Waals surface area contributed by atoms with E-state index in [0.717, 1.165) is 50.3 Å². The molecule has 5 nitrogen and oxygen atoms in total. The fourth-order valence-electron chi connectivity index (χ4n) is 3.51. The molecular weight excluding hydrogens is 300 g/mol. The highest BCUT2D eigenvalue weighted by atomic mass is 16.2. The van der Waals surface area contributed by atoms with Crippen LogP contribution in [0.15, 0.2) is 42.5 Å². The fraction of sp³-hybridized carbons (Fsp3) is 0.421. The Balaban J connectivity index is 1.32. The van der Waals surface area contributed by atoms with Crippen LogP contribution >= 0.6 is 0 Å². The van der Waals surface area contributed by atoms with Crippen molar-refractivity contribution in [3.8, 4) is 0 Å². The molecule has 4 rings (SSSR count). The van der Waals surface area contributed by atoms with Gasteiger partial charge in [0, 0.05) is 51.0 Å². The first-order valence-electron chi connectivity index (χ1n) is 8.66. The standard InChI is InChI=1S/C19H24N4O/c1-21-8-10-22(11-9-21)18-13-23(14-18)19(24)20-17-7-6-15-4-2-3-5-16(15)12-17/h2-7,12,18H,8-11,13-14H2,1H3,(H,20,24). The maximum Gasteiger partial charge on any atom is 0.321 e. The summed E-state index contributed by atoms with van der Waals surface area (Å²) in [4.78, 5) is 19.2. The molecule has 2 saturated heterocycles. The number of amides is 2. The van der Waals surface area contributed by atoms with Crippen molar-refractivity contribution in [2.45, 2.75) is 6.04 Å². The van der Waals surface area contributed by atoms with E-state index in [1.807, 2.05) is 35.2 Å². The molecule has 5 heteroatoms. The molecule has 2 heterocycles. The van der Waals surface area contributed by atoms with Gasteiger partial charge in [0.15, 0.2) is 0 Å². The average molecular weight is 324 g/mol. The summed E-state index contributed by atoms with van der Waals surface area (Å²) in [6, 6.07) is 14.8. The minimum absolute atomic E-state index is 0.00987. The molecule has 0 aromatic heterocycles. The number of rotatable bonds is 2. The number of nitrogens with one attached hydrogen (secondary N) is 1. The number of likely N-dealkylation sites (N-methyl/N-ethyl adjacent to an activating group) is 1. The van der Waals surface area contributed by atoms with E-state index in [2.05, 4.69) is 34.3 Å². The van der Waals surface area contributed by atoms with Crippen LogP contribution in [0.4, 0.5) is 10.5 Å². The largest absolute Gasteiger partial charge is 0.321 e. The summed E-state index contributed by atoms with van der Waals surface area (Å²) >= 11 is 0. The molecule has 0 saturated carbocycles. The second-order valence-corrected chi connectivity index (χ2v) is 6.89. The number of likely N-dealkylation sites (tertiary alicyclic amines) is 1. The van der Waals surface area contributed by atoms with Crippen LogP contribution in [0, 0.1) is 0 Å². The molecule has 126 valence electrons. The van der Waals surface area contributed by atoms with Crippen LogP contribution in [-0.4, -0.2) is 73.1 Å². The number of fused-ring (bicyclic) bond motifs is 1. The van der Waals surface area contributed by atoms with E-state index < -0.39 is 0 Å². The van der Waals surface area contributed by atoms with Crippen LogP contribution in [0.25, 0.3) is 10.8 Å². The van der Waals surface area contributed by atoms with Crippen LogP contribution in [0.3, 0.4) is 0 Å². The van der Waals surface area contributed by atoms with Crippen LogP contribution in [0.1, 0.15) is 0 Å². The molecule has 2 aliphatic rings. The summed E-state index contributed by atoms with van der Waals surface area (Å²) in [5, 5.41) is 5.36. The molecule has 0 atom stereocenters. The Morgan fingerprint density at radius 2 is 1.71 bits per heavy atom. The summed E-state index contributed by atoms with van der Waals surface area (Å²) < 4.78 is 0. The van der Waals surface area contributed by atoms with Crippen molar-refractivity contribution < 1.29 is 4.79 Å². The zero-order valence-corrected chi connectivity index (χ0v) is 14.1. The number of anilines is 1. The first-order valence-corrected chi connectivity index (χ1v) is 8.66. The number of carbonyl (C=O) groups is 1. The lowest BCUT2D eigenvalue weighted by atomic mass is 10.1. The van der Waals surface area contributed by atoms with Gasteiger partial charge in [-0.1, -0.05) is 30.3 Å². The van der Waals surface area contributed by atoms with Gasteiger partial charge in [0.05, 0.1) is 0 Å². The van der Waals surface area contributed by atoms with Crippen molar-refractivity contribution in [2.24, 2.45) is 0 Å². The quantitative estimate of drug-likeness (QED) is 0.921. The van der Waals surface area contributed by atoms with Gasteiger partial charge in [-0.15, -0.1) is 0 Å². The van der Waals surface area contributed by atoms with E-state index in [-0.39, 0.29) is 6.03 Å². The molecule has 2 amide bonds. The van der Waals surface area contributed by atoms with Crippen LogP contribution in [-0.2, 0) is 0 Å². The third-order valence-electron chi connectivity index (χ3n) is 5.20. The molecule has 2 aliphatic heterocycles. The molecule has 0 radical (unpaired) electrons. The normalized spacial score (nSPS) is 20.1. The monoisotopic (exact) mass is 324 g/mol. The van der Waals surface area contributed by atoms with Gasteiger partial charge in [0.1, 0.15) is 0 Å². The molecule has 2 aromatic rings. The SMILES string of the molecule is CN1CCN(C2CN(C(=O)Nc3ccc4ccccc4c3)C2)CC1. The third kappa shape index (κ3) is 3.09. The van der Waals surface area contributed by atoms with Crippen LogP contribution in [0.5, 0.6) is 0 Å². The Morgan fingerprint density at radius 1 is 1.00 bits per heavy atom. The molecule has 1 N–H and O–H groups in total. The number of hydrogen-bond acceptors (Lipinski definition) is 3. The number of nitrogens with zero attached hydrogens (tertiary/aromatic N) is 3. The number of urea groups is 1. The van der Waals surface area contributed by atoms with Gasteiger partial charge >= 0.3 is 6.03 Å². The Morgan fingerprint density at radius 3 is 2.46 bits per heavy atom. The van der Waals surface area contributed by atoms with Gasteiger partial charge < -0.3 is 15.1 Å². The summed E-state index contributed by atoms with van der Waals surface area (Å²) in [6.45, 7) is 6.15. The Bertz CT molecular complexity index is 733. The third-order valence-corrected chi connectivity index (χ3v) is 5.20. The van der Waals surface area contributed by atoms with Gasteiger partial charge in [0.25, 0.3) is 0 Å². The van der Waals surface area contributed by atoms with E-state index in [4.69, 9.17) is 0 Å². The van der Waals surface area contributed by atoms with Crippen molar-refractivity contribution in [3.05, 3.63) is 42.5 Å². The second-order valence-electron chi connectivity index (χ2n) is 6.89. The first kappa shape index (κ1) is 15.4. The minimum atomic E-state index is 0.00987. The Kier molecular flexibility index (Phi) is 4.12. The van der Waals surface area contributed by atoms with Crippen molar-refractivity contribution in [2.75, 3.05) is 51.6 Å². The van der Waals surface area contributed by atoms with Gasteiger partial charge in [0.2, 0.25) is 0 Å². The Hall–Kier alpha value is -2.11. The van der Waals surface area contributed by atoms with Crippen molar-refractivity contribution in [3.63, 3.8) is 0 Å². The highest BCUT2D eigenvalue weighted by Gasteiger charge is 2.35. The predicted octanol–water partition coefficient (Wildman–Crippen LogP) is 2.30. The topological polar surface area (TPSA) is 38.8 Å². The predicted molar refractivity (Wildman–Crippen MR) is 97.4 cm³/mol. The van der Waals surface area contributed by atoms with Gasteiger partial charge in [-0.3, -0.25) is 4.90 Å². The molecule has 24 heavy (non-hydrogen) atoms. The van der Waals surface area contributed by atoms with E-state index in [1.54, 1.807) is 0 Å². The first-order chi connectivity index (χ1) is 11.7. The van der Waals surface area contributed by atoms with Gasteiger partial charge in [-0.05, 0) is 30.0 Å². The molecule has 0 unspecified atom stereocenters. The molecule has 0 aliphatic carbocycles. The Labute approximate surface area is 142 Å². The summed E-state index contributed by atoms with van der Waals surface area (Å²) in [5.74, 6) is 0. The second kappa shape index (κ2) is 6.42. The molecule has 0 spiro atoms. The molecule has 2 aromatic carbocycles. The summed E-state index contributed by atoms with van der Waals surface area (Å²) in [6.07, 6.45) is 0. The number of benzene rings is 2. The van der Waals surface area contributed by atoms with Crippen LogP contribution in [0.2, 0.25) is 0 Å². The van der Waals surface area contributed by atoms with Crippen LogP contribution < -0.4 is 5.32 Å². The van der Waals surface area contributed by atoms with Crippen molar-refractivity contribution in [1.29, 1.82) is 0 Å². The maximum atomic E-state index is 12.4. The number of piperazine rings is 1. The van der Waals surface area contributed by atoms with Crippen molar-refractivity contribution >= 4 is 22.5 Å². The summed E-state index contributed by atoms with van der Waals surface area (Å²) in [7, 11) is 2.17. The number of hydrogen-bond donors (Lipinski definition) is 1. The van der Waals surface area contributed by atoms with E-state index in [9.17, 15) is 4.79 Å². The maximum absolute atomic E-state index is 12.4. The number of carbonyl (C=O) groups excluding carboxylic acids is 1. The van der Waals surface area contributed by atoms with Gasteiger partial charge in [-0.2, -0.15) is 0 Å². The van der Waals surface area contributed by atoms with Gasteiger partial charge in [-0.25, -0.2) is 4.79 Å². The zero-order chi connectivity index (χ0) is 16.5. The molecule has 2 fully saturated rings. The lowest BCUT2D eigenvalue weighted by Gasteiger charge is -2.47. The lowest BCUT2D eigenvalue weighted by molar-refractivity contribution is 0.0318. The van der Waals surface area contributed by atoms with E-state index >= 15 is 0 Å². The molecular formula is C19H24N4O. The zero-order valence-electron chi connectivity index (χ0n) is 14.1. The average Bonchev–Trinajstić information content (AvgIpc) is 2.55. The highest BCUT2D eigenvalue weighted by molar-refractivity contribution is 5.93. The summed E-state index contributed by atoms with van der Waals surface area (Å²) in [5.41, 5.74) is 0.863. The van der Waals surface area contributed by atoms with Crippen molar-refractivity contribution in [1.82, 2.24) is 14.7 Å². The van der Waals surface area contributed by atoms with E-state index in [1.165, 1.54) is 5.39 Å². The fourth-order valence-corrected chi connectivity index (χ4v) is 3.51. The van der Waals surface area contributed by atoms with E-state index in [0.29, 0.717) is 6.04 Å². The minimum Gasteiger partial charge on any atom is -0.321 e.